The average molecular weight is 414 g/mol. The lowest BCUT2D eigenvalue weighted by atomic mass is 10.1. The SMILES string of the molecule is Cc1ccc(S(N)(=O)=O)cc1C(=O)N1CCCN(c2nc3ccccc3[nH]2)CC1. The maximum absolute atomic E-state index is 13.1. The van der Waals surface area contributed by atoms with Crippen molar-refractivity contribution in [3.8, 4) is 0 Å². The van der Waals surface area contributed by atoms with Crippen LogP contribution in [0.15, 0.2) is 47.4 Å². The Morgan fingerprint density at radius 2 is 1.90 bits per heavy atom. The monoisotopic (exact) mass is 413 g/mol. The molecular weight excluding hydrogens is 390 g/mol. The van der Waals surface area contributed by atoms with Gasteiger partial charge in [-0.3, -0.25) is 4.79 Å². The minimum absolute atomic E-state index is 0.0508. The molecule has 9 heteroatoms. The van der Waals surface area contributed by atoms with Gasteiger partial charge in [0.05, 0.1) is 15.9 Å². The summed E-state index contributed by atoms with van der Waals surface area (Å²) in [6, 6.07) is 12.3. The zero-order valence-electron chi connectivity index (χ0n) is 16.1. The van der Waals surface area contributed by atoms with Gasteiger partial charge in [0.25, 0.3) is 5.91 Å². The number of benzene rings is 2. The van der Waals surface area contributed by atoms with E-state index in [1.54, 1.807) is 17.9 Å². The fourth-order valence-electron chi connectivity index (χ4n) is 3.60. The maximum Gasteiger partial charge on any atom is 0.254 e. The lowest BCUT2D eigenvalue weighted by molar-refractivity contribution is 0.0766. The number of carbonyl (C=O) groups excluding carboxylic acids is 1. The minimum Gasteiger partial charge on any atom is -0.341 e. The highest BCUT2D eigenvalue weighted by molar-refractivity contribution is 7.89. The van der Waals surface area contributed by atoms with Crippen molar-refractivity contribution in [2.24, 2.45) is 5.14 Å². The molecule has 1 aromatic heterocycles. The topological polar surface area (TPSA) is 112 Å². The average Bonchev–Trinajstić information content (AvgIpc) is 2.96. The largest absolute Gasteiger partial charge is 0.341 e. The number of hydrogen-bond acceptors (Lipinski definition) is 5. The number of nitrogens with one attached hydrogen (secondary N) is 1. The summed E-state index contributed by atoms with van der Waals surface area (Å²) in [5, 5.41) is 5.22. The Hall–Kier alpha value is -2.91. The van der Waals surface area contributed by atoms with Crippen LogP contribution in [-0.4, -0.2) is 55.4 Å². The van der Waals surface area contributed by atoms with Crippen molar-refractivity contribution in [2.75, 3.05) is 31.1 Å². The van der Waals surface area contributed by atoms with Crippen molar-refractivity contribution in [3.63, 3.8) is 0 Å². The first-order valence-corrected chi connectivity index (χ1v) is 11.0. The first-order valence-electron chi connectivity index (χ1n) is 9.45. The number of sulfonamides is 1. The number of imidazole rings is 1. The highest BCUT2D eigenvalue weighted by Gasteiger charge is 2.24. The molecule has 3 N–H and O–H groups in total. The summed E-state index contributed by atoms with van der Waals surface area (Å²) in [6.45, 7) is 4.32. The molecule has 1 aliphatic heterocycles. The number of anilines is 1. The van der Waals surface area contributed by atoms with Crippen LogP contribution in [0.25, 0.3) is 11.0 Å². The molecule has 0 atom stereocenters. The smallest absolute Gasteiger partial charge is 0.254 e. The van der Waals surface area contributed by atoms with Crippen molar-refractivity contribution in [3.05, 3.63) is 53.6 Å². The fourth-order valence-corrected chi connectivity index (χ4v) is 4.14. The van der Waals surface area contributed by atoms with E-state index in [0.717, 1.165) is 35.5 Å². The molecule has 152 valence electrons. The van der Waals surface area contributed by atoms with E-state index in [-0.39, 0.29) is 10.8 Å². The summed E-state index contributed by atoms with van der Waals surface area (Å²) < 4.78 is 23.3. The molecule has 0 saturated carbocycles. The number of para-hydroxylation sites is 2. The number of rotatable bonds is 3. The summed E-state index contributed by atoms with van der Waals surface area (Å²) in [4.78, 5) is 24.9. The van der Waals surface area contributed by atoms with Crippen LogP contribution in [0.5, 0.6) is 0 Å². The van der Waals surface area contributed by atoms with Gasteiger partial charge in [-0.15, -0.1) is 0 Å². The number of nitrogens with two attached hydrogens (primary N) is 1. The molecule has 1 fully saturated rings. The number of amides is 1. The number of nitrogens with zero attached hydrogens (tertiary/aromatic N) is 3. The number of H-pyrrole nitrogens is 1. The minimum atomic E-state index is -3.86. The van der Waals surface area contributed by atoms with Gasteiger partial charge in [-0.05, 0) is 43.2 Å². The van der Waals surface area contributed by atoms with Gasteiger partial charge in [-0.1, -0.05) is 18.2 Å². The van der Waals surface area contributed by atoms with E-state index in [0.29, 0.717) is 25.2 Å². The third-order valence-corrected chi connectivity index (χ3v) is 6.14. The highest BCUT2D eigenvalue weighted by Crippen LogP contribution is 2.21. The third-order valence-electron chi connectivity index (χ3n) is 5.23. The number of primary sulfonamides is 1. The van der Waals surface area contributed by atoms with Gasteiger partial charge >= 0.3 is 0 Å². The van der Waals surface area contributed by atoms with Gasteiger partial charge in [0.2, 0.25) is 16.0 Å². The summed E-state index contributed by atoms with van der Waals surface area (Å²) in [5.74, 6) is 0.618. The second kappa shape index (κ2) is 7.49. The first kappa shape index (κ1) is 19.4. The molecular formula is C20H23N5O3S. The molecule has 0 radical (unpaired) electrons. The molecule has 3 aromatic rings. The van der Waals surface area contributed by atoms with Crippen LogP contribution >= 0.6 is 0 Å². The standard InChI is InChI=1S/C20H23N5O3S/c1-14-7-8-15(29(21,27)28)13-16(14)19(26)24-9-4-10-25(12-11-24)20-22-17-5-2-3-6-18(17)23-20/h2-3,5-8,13H,4,9-12H2,1H3,(H,22,23)(H2,21,27,28). The van der Waals surface area contributed by atoms with Crippen molar-refractivity contribution in [2.45, 2.75) is 18.2 Å². The van der Waals surface area contributed by atoms with Crippen LogP contribution in [0.2, 0.25) is 0 Å². The van der Waals surface area contributed by atoms with Crippen LogP contribution in [0.4, 0.5) is 5.95 Å². The Labute approximate surface area is 169 Å². The summed E-state index contributed by atoms with van der Waals surface area (Å²) in [5.41, 5.74) is 2.99. The van der Waals surface area contributed by atoms with Crippen molar-refractivity contribution >= 4 is 32.9 Å². The molecule has 1 amide bonds. The zero-order chi connectivity index (χ0) is 20.6. The molecule has 29 heavy (non-hydrogen) atoms. The molecule has 0 aliphatic carbocycles. The van der Waals surface area contributed by atoms with Crippen molar-refractivity contribution < 1.29 is 13.2 Å². The Kier molecular flexibility index (Phi) is 5.01. The van der Waals surface area contributed by atoms with Gasteiger partial charge in [0, 0.05) is 31.7 Å². The number of carbonyl (C=O) groups is 1. The third kappa shape index (κ3) is 3.96. The molecule has 8 nitrogen and oxygen atoms in total. The van der Waals surface area contributed by atoms with E-state index in [1.165, 1.54) is 12.1 Å². The van der Waals surface area contributed by atoms with E-state index in [1.807, 2.05) is 24.3 Å². The van der Waals surface area contributed by atoms with Crippen LogP contribution < -0.4 is 10.0 Å². The number of aryl methyl sites for hydroxylation is 1. The Morgan fingerprint density at radius 3 is 2.66 bits per heavy atom. The Balaban J connectivity index is 1.53. The molecule has 2 aromatic carbocycles. The number of aromatic amines is 1. The number of hydrogen-bond donors (Lipinski definition) is 2. The zero-order valence-corrected chi connectivity index (χ0v) is 16.9. The van der Waals surface area contributed by atoms with E-state index in [2.05, 4.69) is 14.9 Å². The predicted octanol–water partition coefficient (Wildman–Crippen LogP) is 1.87. The second-order valence-electron chi connectivity index (χ2n) is 7.23. The molecule has 1 aliphatic rings. The second-order valence-corrected chi connectivity index (χ2v) is 8.79. The van der Waals surface area contributed by atoms with Crippen molar-refractivity contribution in [1.29, 1.82) is 0 Å². The molecule has 1 saturated heterocycles. The summed E-state index contributed by atoms with van der Waals surface area (Å²) in [6.07, 6.45) is 0.788. The van der Waals surface area contributed by atoms with E-state index >= 15 is 0 Å². The lowest BCUT2D eigenvalue weighted by Crippen LogP contribution is -2.36. The highest BCUT2D eigenvalue weighted by atomic mass is 32.2. The van der Waals surface area contributed by atoms with E-state index in [4.69, 9.17) is 5.14 Å². The van der Waals surface area contributed by atoms with Gasteiger partial charge in [0.1, 0.15) is 0 Å². The molecule has 2 heterocycles. The van der Waals surface area contributed by atoms with Crippen LogP contribution in [-0.2, 0) is 10.0 Å². The predicted molar refractivity (Wildman–Crippen MR) is 111 cm³/mol. The first-order chi connectivity index (χ1) is 13.8. The molecule has 4 rings (SSSR count). The van der Waals surface area contributed by atoms with Gasteiger partial charge in [-0.25, -0.2) is 18.5 Å². The van der Waals surface area contributed by atoms with Crippen LogP contribution in [0.3, 0.4) is 0 Å². The summed E-state index contributed by atoms with van der Waals surface area (Å²) in [7, 11) is -3.86. The van der Waals surface area contributed by atoms with E-state index < -0.39 is 10.0 Å². The maximum atomic E-state index is 13.1. The summed E-state index contributed by atoms with van der Waals surface area (Å²) >= 11 is 0. The van der Waals surface area contributed by atoms with Gasteiger partial charge < -0.3 is 14.8 Å². The lowest BCUT2D eigenvalue weighted by Gasteiger charge is -2.22. The van der Waals surface area contributed by atoms with E-state index in [9.17, 15) is 13.2 Å². The Bertz CT molecular complexity index is 1140. The fraction of sp³-hybridized carbons (Fsp3) is 0.300. The van der Waals surface area contributed by atoms with Crippen molar-refractivity contribution in [1.82, 2.24) is 14.9 Å². The van der Waals surface area contributed by atoms with Gasteiger partial charge in [-0.2, -0.15) is 0 Å². The van der Waals surface area contributed by atoms with Crippen LogP contribution in [0, 0.1) is 6.92 Å². The normalized spacial score (nSPS) is 15.5. The molecule has 0 unspecified atom stereocenters. The van der Waals surface area contributed by atoms with Gasteiger partial charge in [0.15, 0.2) is 0 Å². The quantitative estimate of drug-likeness (QED) is 0.681. The number of fused-ring (bicyclic) bond motifs is 1. The molecule has 0 bridgehead atoms. The number of aromatic nitrogens is 2. The Morgan fingerprint density at radius 1 is 1.10 bits per heavy atom. The van der Waals surface area contributed by atoms with Crippen LogP contribution in [0.1, 0.15) is 22.3 Å². The molecule has 0 spiro atoms.